The van der Waals surface area contributed by atoms with Crippen LogP contribution in [-0.4, -0.2) is 91.2 Å². The first-order valence-electron chi connectivity index (χ1n) is 10.1. The minimum absolute atomic E-state index is 0.551. The SMILES string of the molecule is CN1CCN(S(=O)(=O)N2CCN(Cc3csc(Cc4ccccc4)n3)CC2)CC1. The number of likely N-dealkylation sites (N-methyl/N-ethyl adjacent to an activating group) is 1. The van der Waals surface area contributed by atoms with Crippen LogP contribution < -0.4 is 0 Å². The standard InChI is InChI=1S/C20H29N5O2S2/c1-22-7-11-24(12-8-22)29(26,27)25-13-9-23(10-14-25)16-19-17-28-20(21-19)15-18-5-3-2-4-6-18/h2-6,17H,7-16H2,1H3. The highest BCUT2D eigenvalue weighted by atomic mass is 32.2. The first-order valence-corrected chi connectivity index (χ1v) is 12.4. The van der Waals surface area contributed by atoms with Gasteiger partial charge in [0.05, 0.1) is 10.7 Å². The maximum absolute atomic E-state index is 12.9. The Morgan fingerprint density at radius 3 is 2.21 bits per heavy atom. The lowest BCUT2D eigenvalue weighted by Gasteiger charge is -2.38. The highest BCUT2D eigenvalue weighted by molar-refractivity contribution is 7.86. The van der Waals surface area contributed by atoms with Crippen molar-refractivity contribution in [2.24, 2.45) is 0 Å². The van der Waals surface area contributed by atoms with Crippen LogP contribution in [-0.2, 0) is 23.2 Å². The van der Waals surface area contributed by atoms with Crippen molar-refractivity contribution in [2.75, 3.05) is 59.4 Å². The molecule has 0 bridgehead atoms. The van der Waals surface area contributed by atoms with Crippen LogP contribution in [0.4, 0.5) is 0 Å². The zero-order valence-electron chi connectivity index (χ0n) is 16.9. The van der Waals surface area contributed by atoms with E-state index in [-0.39, 0.29) is 0 Å². The third-order valence-electron chi connectivity index (χ3n) is 5.63. The number of benzene rings is 1. The van der Waals surface area contributed by atoms with Crippen molar-refractivity contribution in [3.63, 3.8) is 0 Å². The van der Waals surface area contributed by atoms with Crippen molar-refractivity contribution in [3.05, 3.63) is 52.0 Å². The normalized spacial score (nSPS) is 20.9. The first kappa shape index (κ1) is 20.9. The fraction of sp³-hybridized carbons (Fsp3) is 0.550. The van der Waals surface area contributed by atoms with Crippen LogP contribution in [0, 0.1) is 0 Å². The number of piperazine rings is 2. The smallest absolute Gasteiger partial charge is 0.282 e. The van der Waals surface area contributed by atoms with Crippen molar-refractivity contribution < 1.29 is 8.42 Å². The van der Waals surface area contributed by atoms with Gasteiger partial charge in [0.1, 0.15) is 0 Å². The molecule has 1 aromatic heterocycles. The van der Waals surface area contributed by atoms with Gasteiger partial charge >= 0.3 is 0 Å². The Balaban J connectivity index is 1.28. The summed E-state index contributed by atoms with van der Waals surface area (Å²) in [7, 11) is -1.30. The first-order chi connectivity index (χ1) is 14.0. The molecule has 0 unspecified atom stereocenters. The quantitative estimate of drug-likeness (QED) is 0.685. The summed E-state index contributed by atoms with van der Waals surface area (Å²) in [5.74, 6) is 0. The van der Waals surface area contributed by atoms with E-state index < -0.39 is 10.2 Å². The highest BCUT2D eigenvalue weighted by Gasteiger charge is 2.33. The molecule has 2 saturated heterocycles. The molecule has 1 aromatic carbocycles. The highest BCUT2D eigenvalue weighted by Crippen LogP contribution is 2.18. The van der Waals surface area contributed by atoms with Crippen molar-refractivity contribution in [3.8, 4) is 0 Å². The monoisotopic (exact) mass is 435 g/mol. The van der Waals surface area contributed by atoms with Gasteiger partial charge in [-0.2, -0.15) is 17.0 Å². The largest absolute Gasteiger partial charge is 0.304 e. The lowest BCUT2D eigenvalue weighted by atomic mass is 10.2. The van der Waals surface area contributed by atoms with Gasteiger partial charge < -0.3 is 4.90 Å². The number of rotatable bonds is 6. The summed E-state index contributed by atoms with van der Waals surface area (Å²) in [6, 6.07) is 10.4. The molecule has 4 rings (SSSR count). The minimum atomic E-state index is -3.34. The molecule has 0 radical (unpaired) electrons. The van der Waals surface area contributed by atoms with Crippen molar-refractivity contribution in [1.82, 2.24) is 23.4 Å². The van der Waals surface area contributed by atoms with Gasteiger partial charge in [-0.1, -0.05) is 30.3 Å². The summed E-state index contributed by atoms with van der Waals surface area (Å²) in [5, 5.41) is 3.26. The fourth-order valence-electron chi connectivity index (χ4n) is 3.80. The lowest BCUT2D eigenvalue weighted by Crippen LogP contribution is -2.56. The van der Waals surface area contributed by atoms with E-state index >= 15 is 0 Å². The van der Waals surface area contributed by atoms with E-state index in [2.05, 4.69) is 39.4 Å². The van der Waals surface area contributed by atoms with Crippen molar-refractivity contribution in [1.29, 1.82) is 0 Å². The van der Waals surface area contributed by atoms with Crippen LogP contribution in [0.3, 0.4) is 0 Å². The summed E-state index contributed by atoms with van der Waals surface area (Å²) in [6.07, 6.45) is 0.864. The van der Waals surface area contributed by atoms with Gasteiger partial charge in [-0.25, -0.2) is 4.98 Å². The van der Waals surface area contributed by atoms with Gasteiger partial charge in [0.15, 0.2) is 0 Å². The second kappa shape index (κ2) is 9.20. The predicted octanol–water partition coefficient (Wildman–Crippen LogP) is 1.34. The van der Waals surface area contributed by atoms with Gasteiger partial charge in [0.25, 0.3) is 10.2 Å². The number of hydrogen-bond acceptors (Lipinski definition) is 6. The molecule has 2 aliphatic rings. The van der Waals surface area contributed by atoms with Crippen LogP contribution in [0.25, 0.3) is 0 Å². The summed E-state index contributed by atoms with van der Waals surface area (Å²) >= 11 is 1.70. The summed E-state index contributed by atoms with van der Waals surface area (Å²) in [4.78, 5) is 9.25. The van der Waals surface area contributed by atoms with Crippen molar-refractivity contribution in [2.45, 2.75) is 13.0 Å². The topological polar surface area (TPSA) is 60.0 Å². The van der Waals surface area contributed by atoms with Crippen LogP contribution in [0.1, 0.15) is 16.3 Å². The van der Waals surface area contributed by atoms with E-state index in [0.29, 0.717) is 26.2 Å². The maximum Gasteiger partial charge on any atom is 0.282 e. The Labute approximate surface area is 177 Å². The van der Waals surface area contributed by atoms with Crippen molar-refractivity contribution >= 4 is 21.5 Å². The Morgan fingerprint density at radius 2 is 1.55 bits per heavy atom. The van der Waals surface area contributed by atoms with E-state index in [1.807, 2.05) is 13.1 Å². The molecule has 2 aromatic rings. The van der Waals surface area contributed by atoms with Gasteiger partial charge in [0, 0.05) is 70.7 Å². The number of hydrogen-bond donors (Lipinski definition) is 0. The molecule has 0 amide bonds. The molecule has 9 heteroatoms. The second-order valence-electron chi connectivity index (χ2n) is 7.78. The Kier molecular flexibility index (Phi) is 6.63. The van der Waals surface area contributed by atoms with Gasteiger partial charge in [-0.15, -0.1) is 11.3 Å². The average molecular weight is 436 g/mol. The summed E-state index contributed by atoms with van der Waals surface area (Å²) in [6.45, 7) is 6.16. The van der Waals surface area contributed by atoms with Crippen LogP contribution in [0.15, 0.2) is 35.7 Å². The molecule has 29 heavy (non-hydrogen) atoms. The molecule has 158 valence electrons. The van der Waals surface area contributed by atoms with E-state index in [4.69, 9.17) is 4.98 Å². The Hall–Kier alpha value is -1.36. The van der Waals surface area contributed by atoms with Gasteiger partial charge in [-0.3, -0.25) is 4.90 Å². The van der Waals surface area contributed by atoms with Crippen LogP contribution in [0.2, 0.25) is 0 Å². The zero-order chi connectivity index (χ0) is 20.3. The van der Waals surface area contributed by atoms with Gasteiger partial charge in [-0.05, 0) is 12.6 Å². The summed E-state index contributed by atoms with van der Waals surface area (Å²) in [5.41, 5.74) is 2.35. The van der Waals surface area contributed by atoms with Gasteiger partial charge in [0.2, 0.25) is 0 Å². The number of nitrogens with zero attached hydrogens (tertiary/aromatic N) is 5. The zero-order valence-corrected chi connectivity index (χ0v) is 18.5. The molecule has 0 N–H and O–H groups in total. The molecule has 0 saturated carbocycles. The second-order valence-corrected chi connectivity index (χ2v) is 10.7. The molecule has 0 aliphatic carbocycles. The predicted molar refractivity (Wildman–Crippen MR) is 116 cm³/mol. The number of aromatic nitrogens is 1. The molecular formula is C20H29N5O2S2. The summed E-state index contributed by atoms with van der Waals surface area (Å²) < 4.78 is 29.1. The molecule has 7 nitrogen and oxygen atoms in total. The molecule has 3 heterocycles. The maximum atomic E-state index is 12.9. The Morgan fingerprint density at radius 1 is 0.931 bits per heavy atom. The van der Waals surface area contributed by atoms with E-state index in [1.165, 1.54) is 5.56 Å². The average Bonchev–Trinajstić information content (AvgIpc) is 3.16. The minimum Gasteiger partial charge on any atom is -0.304 e. The molecule has 2 fully saturated rings. The molecule has 0 atom stereocenters. The van der Waals surface area contributed by atoms with Crippen LogP contribution in [0.5, 0.6) is 0 Å². The molecular weight excluding hydrogens is 406 g/mol. The third-order valence-corrected chi connectivity index (χ3v) is 8.56. The third kappa shape index (κ3) is 5.22. The van der Waals surface area contributed by atoms with E-state index in [9.17, 15) is 8.42 Å². The molecule has 2 aliphatic heterocycles. The lowest BCUT2D eigenvalue weighted by molar-refractivity contribution is 0.164. The molecule has 0 spiro atoms. The van der Waals surface area contributed by atoms with E-state index in [0.717, 1.165) is 49.8 Å². The van der Waals surface area contributed by atoms with E-state index in [1.54, 1.807) is 19.9 Å². The number of thiazole rings is 1. The fourth-order valence-corrected chi connectivity index (χ4v) is 6.20. The van der Waals surface area contributed by atoms with Crippen LogP contribution >= 0.6 is 11.3 Å². The Bertz CT molecular complexity index is 887.